The van der Waals surface area contributed by atoms with Crippen LogP contribution < -0.4 is 4.72 Å². The first kappa shape index (κ1) is 20.1. The number of aliphatic hydroxyl groups excluding tert-OH is 1. The van der Waals surface area contributed by atoms with Gasteiger partial charge in [0.25, 0.3) is 0 Å². The molecular weight excluding hydrogens is 354 g/mol. The molecule has 0 heterocycles. The molecule has 7 heteroatoms. The number of aryl methyl sites for hydroxylation is 2. The zero-order chi connectivity index (χ0) is 19.3. The first-order valence-electron chi connectivity index (χ1n) is 8.25. The van der Waals surface area contributed by atoms with Crippen molar-refractivity contribution in [3.05, 3.63) is 65.2 Å². The number of esters is 1. The van der Waals surface area contributed by atoms with Gasteiger partial charge in [0.05, 0.1) is 11.5 Å². The van der Waals surface area contributed by atoms with Gasteiger partial charge in [-0.05, 0) is 38.0 Å². The molecule has 0 aromatic heterocycles. The highest BCUT2D eigenvalue weighted by Crippen LogP contribution is 2.22. The number of benzene rings is 2. The van der Waals surface area contributed by atoms with Crippen LogP contribution in [-0.4, -0.2) is 32.1 Å². The van der Waals surface area contributed by atoms with Crippen LogP contribution >= 0.6 is 0 Å². The third-order valence-electron chi connectivity index (χ3n) is 3.90. The molecule has 0 spiro atoms. The zero-order valence-electron chi connectivity index (χ0n) is 15.0. The Morgan fingerprint density at radius 1 is 1.15 bits per heavy atom. The van der Waals surface area contributed by atoms with Crippen molar-refractivity contribution in [3.8, 4) is 0 Å². The van der Waals surface area contributed by atoms with Gasteiger partial charge in [0.2, 0.25) is 10.0 Å². The average molecular weight is 377 g/mol. The maximum Gasteiger partial charge on any atom is 0.327 e. The normalized spacial score (nSPS) is 13.8. The molecule has 0 fully saturated rings. The fraction of sp³-hybridized carbons (Fsp3) is 0.316. The molecule has 0 saturated carbocycles. The molecule has 2 aromatic carbocycles. The molecule has 0 aliphatic carbocycles. The maximum atomic E-state index is 12.8. The van der Waals surface area contributed by atoms with Gasteiger partial charge >= 0.3 is 5.97 Å². The highest BCUT2D eigenvalue weighted by molar-refractivity contribution is 7.89. The smallest absolute Gasteiger partial charge is 0.327 e. The van der Waals surface area contributed by atoms with Crippen molar-refractivity contribution >= 4 is 16.0 Å². The fourth-order valence-corrected chi connectivity index (χ4v) is 4.06. The predicted octanol–water partition coefficient (Wildman–Crippen LogP) is 2.25. The number of hydrogen-bond acceptors (Lipinski definition) is 5. The summed E-state index contributed by atoms with van der Waals surface area (Å²) >= 11 is 0. The van der Waals surface area contributed by atoms with E-state index < -0.39 is 28.1 Å². The van der Waals surface area contributed by atoms with Crippen LogP contribution in [0.2, 0.25) is 0 Å². The SMILES string of the molecule is CCOC(=O)C(NS(=O)(=O)c1ccc(C)cc1C)C(O)c1ccccc1. The Morgan fingerprint density at radius 3 is 2.38 bits per heavy atom. The second kappa shape index (κ2) is 8.44. The molecular formula is C19H23NO5S. The molecule has 0 aliphatic rings. The Balaban J connectivity index is 2.38. The minimum absolute atomic E-state index is 0.0534. The van der Waals surface area contributed by atoms with Crippen LogP contribution in [0.4, 0.5) is 0 Å². The van der Waals surface area contributed by atoms with E-state index in [0.717, 1.165) is 5.56 Å². The Hall–Kier alpha value is -2.22. The summed E-state index contributed by atoms with van der Waals surface area (Å²) < 4.78 is 32.8. The first-order chi connectivity index (χ1) is 12.3. The second-order valence-electron chi connectivity index (χ2n) is 5.98. The van der Waals surface area contributed by atoms with Crippen molar-refractivity contribution in [1.82, 2.24) is 4.72 Å². The van der Waals surface area contributed by atoms with E-state index in [2.05, 4.69) is 4.72 Å². The van der Waals surface area contributed by atoms with E-state index in [9.17, 15) is 18.3 Å². The average Bonchev–Trinajstić information content (AvgIpc) is 2.59. The van der Waals surface area contributed by atoms with Crippen LogP contribution in [0.5, 0.6) is 0 Å². The number of hydrogen-bond donors (Lipinski definition) is 2. The molecule has 0 aliphatic heterocycles. The lowest BCUT2D eigenvalue weighted by molar-refractivity contribution is -0.148. The van der Waals surface area contributed by atoms with E-state index in [-0.39, 0.29) is 11.5 Å². The second-order valence-corrected chi connectivity index (χ2v) is 7.66. The molecule has 2 rings (SSSR count). The highest BCUT2D eigenvalue weighted by Gasteiger charge is 2.34. The maximum absolute atomic E-state index is 12.8. The molecule has 0 amide bonds. The van der Waals surface area contributed by atoms with E-state index >= 15 is 0 Å². The van der Waals surface area contributed by atoms with E-state index in [1.807, 2.05) is 6.92 Å². The van der Waals surface area contributed by atoms with Gasteiger partial charge in [0, 0.05) is 0 Å². The summed E-state index contributed by atoms with van der Waals surface area (Å²) in [6.45, 7) is 5.22. The molecule has 2 N–H and O–H groups in total. The Bertz CT molecular complexity index is 865. The van der Waals surface area contributed by atoms with Crippen LogP contribution in [0.1, 0.15) is 29.7 Å². The molecule has 140 valence electrons. The standard InChI is InChI=1S/C19H23NO5S/c1-4-25-19(22)17(18(21)15-8-6-5-7-9-15)20-26(23,24)16-11-10-13(2)12-14(16)3/h5-12,17-18,20-21H,4H2,1-3H3. The van der Waals surface area contributed by atoms with Crippen LogP contribution in [0, 0.1) is 13.8 Å². The lowest BCUT2D eigenvalue weighted by atomic mass is 10.0. The van der Waals surface area contributed by atoms with Crippen LogP contribution in [0.3, 0.4) is 0 Å². The summed E-state index contributed by atoms with van der Waals surface area (Å²) in [5.41, 5.74) is 1.89. The lowest BCUT2D eigenvalue weighted by Gasteiger charge is -2.23. The number of nitrogens with one attached hydrogen (secondary N) is 1. The minimum atomic E-state index is -4.03. The molecule has 0 radical (unpaired) electrons. The number of aliphatic hydroxyl groups is 1. The molecule has 6 nitrogen and oxygen atoms in total. The van der Waals surface area contributed by atoms with Crippen LogP contribution in [-0.2, 0) is 19.6 Å². The summed E-state index contributed by atoms with van der Waals surface area (Å²) in [6, 6.07) is 11.8. The highest BCUT2D eigenvalue weighted by atomic mass is 32.2. The number of carbonyl (C=O) groups excluding carboxylic acids is 1. The van der Waals surface area contributed by atoms with E-state index in [1.54, 1.807) is 56.3 Å². The topological polar surface area (TPSA) is 92.7 Å². The van der Waals surface area contributed by atoms with Gasteiger partial charge in [0.1, 0.15) is 12.1 Å². The van der Waals surface area contributed by atoms with Crippen molar-refractivity contribution in [2.75, 3.05) is 6.61 Å². The summed E-state index contributed by atoms with van der Waals surface area (Å²) in [5.74, 6) is -0.836. The summed E-state index contributed by atoms with van der Waals surface area (Å²) in [6.07, 6.45) is -1.38. The Labute approximate surface area is 153 Å². The lowest BCUT2D eigenvalue weighted by Crippen LogP contribution is -2.46. The number of rotatable bonds is 7. The molecule has 26 heavy (non-hydrogen) atoms. The predicted molar refractivity (Wildman–Crippen MR) is 98.1 cm³/mol. The van der Waals surface area contributed by atoms with Crippen molar-refractivity contribution in [3.63, 3.8) is 0 Å². The van der Waals surface area contributed by atoms with Gasteiger partial charge in [-0.2, -0.15) is 4.72 Å². The zero-order valence-corrected chi connectivity index (χ0v) is 15.8. The van der Waals surface area contributed by atoms with Gasteiger partial charge in [-0.15, -0.1) is 0 Å². The number of carbonyl (C=O) groups is 1. The third kappa shape index (κ3) is 4.69. The van der Waals surface area contributed by atoms with Gasteiger partial charge in [-0.1, -0.05) is 48.0 Å². The molecule has 2 atom stereocenters. The monoisotopic (exact) mass is 377 g/mol. The molecule has 2 aromatic rings. The number of sulfonamides is 1. The largest absolute Gasteiger partial charge is 0.465 e. The van der Waals surface area contributed by atoms with Gasteiger partial charge < -0.3 is 9.84 Å². The van der Waals surface area contributed by atoms with Crippen molar-refractivity contribution < 1.29 is 23.1 Å². The summed E-state index contributed by atoms with van der Waals surface area (Å²) in [5, 5.41) is 10.6. The quantitative estimate of drug-likeness (QED) is 0.722. The van der Waals surface area contributed by atoms with Crippen molar-refractivity contribution in [2.24, 2.45) is 0 Å². The van der Waals surface area contributed by atoms with Crippen molar-refractivity contribution in [2.45, 2.75) is 37.8 Å². The Morgan fingerprint density at radius 2 is 1.81 bits per heavy atom. The van der Waals surface area contributed by atoms with E-state index in [0.29, 0.717) is 11.1 Å². The van der Waals surface area contributed by atoms with Gasteiger partial charge in [-0.3, -0.25) is 4.79 Å². The molecule has 0 saturated heterocycles. The first-order valence-corrected chi connectivity index (χ1v) is 9.74. The van der Waals surface area contributed by atoms with Crippen LogP contribution in [0.25, 0.3) is 0 Å². The molecule has 2 unspecified atom stereocenters. The van der Waals surface area contributed by atoms with Crippen molar-refractivity contribution in [1.29, 1.82) is 0 Å². The summed E-state index contributed by atoms with van der Waals surface area (Å²) in [7, 11) is -4.03. The van der Waals surface area contributed by atoms with Gasteiger partial charge in [-0.25, -0.2) is 8.42 Å². The number of ether oxygens (including phenoxy) is 1. The van der Waals surface area contributed by atoms with E-state index in [4.69, 9.17) is 4.74 Å². The van der Waals surface area contributed by atoms with Crippen LogP contribution in [0.15, 0.2) is 53.4 Å². The van der Waals surface area contributed by atoms with E-state index in [1.165, 1.54) is 6.07 Å². The van der Waals surface area contributed by atoms with Gasteiger partial charge in [0.15, 0.2) is 0 Å². The fourth-order valence-electron chi connectivity index (χ4n) is 2.65. The minimum Gasteiger partial charge on any atom is -0.465 e. The molecule has 0 bridgehead atoms. The third-order valence-corrected chi connectivity index (χ3v) is 5.50. The summed E-state index contributed by atoms with van der Waals surface area (Å²) in [4.78, 5) is 12.4. The Kier molecular flexibility index (Phi) is 6.52.